The first-order valence-electron chi connectivity index (χ1n) is 5.68. The summed E-state index contributed by atoms with van der Waals surface area (Å²) in [6.07, 6.45) is 0. The summed E-state index contributed by atoms with van der Waals surface area (Å²) < 4.78 is 1.89. The van der Waals surface area contributed by atoms with Gasteiger partial charge in [-0.1, -0.05) is 0 Å². The highest BCUT2D eigenvalue weighted by atomic mass is 32.2. The largest absolute Gasteiger partial charge is 0.398 e. The number of benzene rings is 1. The second-order valence-electron chi connectivity index (χ2n) is 4.02. The molecule has 0 saturated heterocycles. The minimum absolute atomic E-state index is 0.155. The zero-order valence-corrected chi connectivity index (χ0v) is 11.8. The van der Waals surface area contributed by atoms with E-state index in [0.717, 1.165) is 15.9 Å². The number of hydrogen-bond acceptors (Lipinski definition) is 5. The number of anilines is 1. The molecule has 0 atom stereocenters. The predicted molar refractivity (Wildman–Crippen MR) is 74.1 cm³/mol. The van der Waals surface area contributed by atoms with Crippen LogP contribution in [-0.4, -0.2) is 27.7 Å². The first-order chi connectivity index (χ1) is 9.02. The number of nitrogens with two attached hydrogens (primary N) is 1. The van der Waals surface area contributed by atoms with Crippen molar-refractivity contribution in [1.29, 1.82) is 0 Å². The van der Waals surface area contributed by atoms with Gasteiger partial charge < -0.3 is 15.6 Å². The zero-order valence-electron chi connectivity index (χ0n) is 11.0. The van der Waals surface area contributed by atoms with Gasteiger partial charge in [-0.3, -0.25) is 4.79 Å². The number of nitrogens with one attached hydrogen (secondary N) is 1. The van der Waals surface area contributed by atoms with Crippen LogP contribution in [0.4, 0.5) is 5.69 Å². The second-order valence-corrected chi connectivity index (χ2v) is 5.03. The van der Waals surface area contributed by atoms with Gasteiger partial charge in [-0.15, -0.1) is 10.2 Å². The molecule has 0 aliphatic heterocycles. The highest BCUT2D eigenvalue weighted by molar-refractivity contribution is 7.99. The van der Waals surface area contributed by atoms with Crippen molar-refractivity contribution < 1.29 is 4.79 Å². The van der Waals surface area contributed by atoms with Crippen LogP contribution in [0.2, 0.25) is 0 Å². The van der Waals surface area contributed by atoms with E-state index in [1.165, 1.54) is 11.8 Å². The molecule has 6 nitrogen and oxygen atoms in total. The van der Waals surface area contributed by atoms with Crippen molar-refractivity contribution in [3.8, 4) is 0 Å². The highest BCUT2D eigenvalue weighted by Gasteiger charge is 2.11. The van der Waals surface area contributed by atoms with Crippen molar-refractivity contribution in [2.24, 2.45) is 7.05 Å². The summed E-state index contributed by atoms with van der Waals surface area (Å²) in [5.74, 6) is 0.681. The molecule has 100 valence electrons. The standard InChI is InChI=1S/C12H15N5OS/c1-7-15-16-12(17(7)3)19-10-5-4-8(6-9(10)13)11(18)14-2/h4-6H,13H2,1-3H3,(H,14,18). The van der Waals surface area contributed by atoms with Crippen LogP contribution in [0.25, 0.3) is 0 Å². The quantitative estimate of drug-likeness (QED) is 0.824. The Hall–Kier alpha value is -2.02. The van der Waals surface area contributed by atoms with Crippen LogP contribution in [0.1, 0.15) is 16.2 Å². The normalized spacial score (nSPS) is 10.5. The number of carbonyl (C=O) groups is 1. The molecular formula is C12H15N5OS. The summed E-state index contributed by atoms with van der Waals surface area (Å²) in [6, 6.07) is 5.21. The third kappa shape index (κ3) is 2.70. The van der Waals surface area contributed by atoms with Crippen molar-refractivity contribution in [2.45, 2.75) is 17.0 Å². The monoisotopic (exact) mass is 277 g/mol. The average Bonchev–Trinajstić information content (AvgIpc) is 2.72. The van der Waals surface area contributed by atoms with Crippen LogP contribution in [0, 0.1) is 6.92 Å². The minimum Gasteiger partial charge on any atom is -0.398 e. The molecule has 2 rings (SSSR count). The summed E-state index contributed by atoms with van der Waals surface area (Å²) in [7, 11) is 3.48. The Morgan fingerprint density at radius 1 is 1.42 bits per heavy atom. The lowest BCUT2D eigenvalue weighted by Crippen LogP contribution is -2.17. The van der Waals surface area contributed by atoms with E-state index in [1.54, 1.807) is 19.2 Å². The Morgan fingerprint density at radius 2 is 2.16 bits per heavy atom. The van der Waals surface area contributed by atoms with Crippen LogP contribution >= 0.6 is 11.8 Å². The van der Waals surface area contributed by atoms with Gasteiger partial charge in [0.2, 0.25) is 0 Å². The molecule has 1 aromatic heterocycles. The maximum atomic E-state index is 11.5. The van der Waals surface area contributed by atoms with E-state index in [0.29, 0.717) is 11.3 Å². The summed E-state index contributed by atoms with van der Waals surface area (Å²) in [6.45, 7) is 1.88. The third-order valence-corrected chi connectivity index (χ3v) is 3.88. The maximum absolute atomic E-state index is 11.5. The minimum atomic E-state index is -0.155. The number of carbonyl (C=O) groups excluding carboxylic acids is 1. The third-order valence-electron chi connectivity index (χ3n) is 2.75. The van der Waals surface area contributed by atoms with E-state index in [-0.39, 0.29) is 5.91 Å². The number of nitrogen functional groups attached to an aromatic ring is 1. The molecule has 1 heterocycles. The van der Waals surface area contributed by atoms with Crippen molar-refractivity contribution in [2.75, 3.05) is 12.8 Å². The highest BCUT2D eigenvalue weighted by Crippen LogP contribution is 2.31. The Morgan fingerprint density at radius 3 is 2.68 bits per heavy atom. The number of amides is 1. The Kier molecular flexibility index (Phi) is 3.75. The van der Waals surface area contributed by atoms with Crippen molar-refractivity contribution >= 4 is 23.4 Å². The van der Waals surface area contributed by atoms with Crippen molar-refractivity contribution in [3.63, 3.8) is 0 Å². The topological polar surface area (TPSA) is 85.8 Å². The Bertz CT molecular complexity index is 623. The van der Waals surface area contributed by atoms with Gasteiger partial charge in [0.05, 0.1) is 0 Å². The van der Waals surface area contributed by atoms with Gasteiger partial charge in [0.25, 0.3) is 5.91 Å². The molecule has 7 heteroatoms. The molecule has 0 aliphatic rings. The summed E-state index contributed by atoms with van der Waals surface area (Å²) in [5.41, 5.74) is 7.05. The lowest BCUT2D eigenvalue weighted by Gasteiger charge is -2.07. The fourth-order valence-corrected chi connectivity index (χ4v) is 2.36. The molecule has 0 saturated carbocycles. The molecule has 0 radical (unpaired) electrons. The molecule has 1 amide bonds. The van der Waals surface area contributed by atoms with Crippen LogP contribution in [0.3, 0.4) is 0 Å². The Labute approximate surface area is 115 Å². The maximum Gasteiger partial charge on any atom is 0.251 e. The van der Waals surface area contributed by atoms with Gasteiger partial charge >= 0.3 is 0 Å². The van der Waals surface area contributed by atoms with Crippen LogP contribution in [-0.2, 0) is 7.05 Å². The van der Waals surface area contributed by atoms with E-state index in [2.05, 4.69) is 15.5 Å². The second kappa shape index (κ2) is 5.31. The number of nitrogens with zero attached hydrogens (tertiary/aromatic N) is 3. The van der Waals surface area contributed by atoms with Gasteiger partial charge in [-0.25, -0.2) is 0 Å². The van der Waals surface area contributed by atoms with Crippen molar-refractivity contribution in [1.82, 2.24) is 20.1 Å². The van der Waals surface area contributed by atoms with Crippen LogP contribution in [0.15, 0.2) is 28.3 Å². The molecule has 3 N–H and O–H groups in total. The summed E-state index contributed by atoms with van der Waals surface area (Å²) >= 11 is 1.42. The smallest absolute Gasteiger partial charge is 0.251 e. The summed E-state index contributed by atoms with van der Waals surface area (Å²) in [5, 5.41) is 11.4. The van der Waals surface area contributed by atoms with E-state index in [4.69, 9.17) is 5.73 Å². The van der Waals surface area contributed by atoms with Crippen LogP contribution < -0.4 is 11.1 Å². The number of aromatic nitrogens is 3. The van der Waals surface area contributed by atoms with Gasteiger partial charge in [0, 0.05) is 30.2 Å². The average molecular weight is 277 g/mol. The number of rotatable bonds is 3. The number of aryl methyl sites for hydroxylation is 1. The first-order valence-corrected chi connectivity index (χ1v) is 6.50. The molecule has 1 aromatic carbocycles. The van der Waals surface area contributed by atoms with Gasteiger partial charge in [0.1, 0.15) is 5.82 Å². The molecule has 19 heavy (non-hydrogen) atoms. The fourth-order valence-electron chi connectivity index (χ4n) is 1.50. The van der Waals surface area contributed by atoms with Crippen molar-refractivity contribution in [3.05, 3.63) is 29.6 Å². The molecule has 0 spiro atoms. The summed E-state index contributed by atoms with van der Waals surface area (Å²) in [4.78, 5) is 12.3. The van der Waals surface area contributed by atoms with E-state index in [1.807, 2.05) is 24.6 Å². The Balaban J connectivity index is 2.27. The zero-order chi connectivity index (χ0) is 14.0. The van der Waals surface area contributed by atoms with E-state index < -0.39 is 0 Å². The molecule has 0 bridgehead atoms. The SMILES string of the molecule is CNC(=O)c1ccc(Sc2nnc(C)n2C)c(N)c1. The molecule has 2 aromatic rings. The molecule has 0 fully saturated rings. The fraction of sp³-hybridized carbons (Fsp3) is 0.250. The first kappa shape index (κ1) is 13.4. The number of hydrogen-bond donors (Lipinski definition) is 2. The van der Waals surface area contributed by atoms with E-state index in [9.17, 15) is 4.79 Å². The van der Waals surface area contributed by atoms with Gasteiger partial charge in [-0.2, -0.15) is 0 Å². The van der Waals surface area contributed by atoms with Crippen LogP contribution in [0.5, 0.6) is 0 Å². The molecular weight excluding hydrogens is 262 g/mol. The lowest BCUT2D eigenvalue weighted by atomic mass is 10.2. The molecule has 0 aliphatic carbocycles. The molecule has 0 unspecified atom stereocenters. The van der Waals surface area contributed by atoms with Gasteiger partial charge in [-0.05, 0) is 36.9 Å². The van der Waals surface area contributed by atoms with Gasteiger partial charge in [0.15, 0.2) is 5.16 Å². The van der Waals surface area contributed by atoms with E-state index >= 15 is 0 Å². The lowest BCUT2D eigenvalue weighted by molar-refractivity contribution is 0.0963. The predicted octanol–water partition coefficient (Wildman–Crippen LogP) is 1.22.